The molecular formula is C12H14N2O3S. The summed E-state index contributed by atoms with van der Waals surface area (Å²) in [6, 6.07) is 4.82. The van der Waals surface area contributed by atoms with Crippen LogP contribution in [0, 0.1) is 13.8 Å². The van der Waals surface area contributed by atoms with Crippen molar-refractivity contribution in [2.45, 2.75) is 18.7 Å². The maximum atomic E-state index is 11.6. The second-order valence-electron chi connectivity index (χ2n) is 4.30. The van der Waals surface area contributed by atoms with E-state index >= 15 is 0 Å². The van der Waals surface area contributed by atoms with Gasteiger partial charge in [-0.3, -0.25) is 0 Å². The molecule has 0 atom stereocenters. The van der Waals surface area contributed by atoms with Gasteiger partial charge < -0.3 is 10.3 Å². The van der Waals surface area contributed by atoms with Crippen molar-refractivity contribution in [2.24, 2.45) is 0 Å². The van der Waals surface area contributed by atoms with E-state index in [4.69, 9.17) is 10.3 Å². The van der Waals surface area contributed by atoms with E-state index in [2.05, 4.69) is 5.16 Å². The van der Waals surface area contributed by atoms with E-state index < -0.39 is 9.84 Å². The van der Waals surface area contributed by atoms with Crippen LogP contribution < -0.4 is 5.73 Å². The summed E-state index contributed by atoms with van der Waals surface area (Å²) in [5.41, 5.74) is 8.58. The third kappa shape index (κ3) is 2.24. The fourth-order valence-corrected chi connectivity index (χ4v) is 2.45. The van der Waals surface area contributed by atoms with E-state index in [0.29, 0.717) is 5.69 Å². The number of nitrogen functional groups attached to an aromatic ring is 1. The number of nitrogens with two attached hydrogens (primary N) is 1. The van der Waals surface area contributed by atoms with Crippen molar-refractivity contribution in [3.63, 3.8) is 0 Å². The molecule has 6 heteroatoms. The minimum Gasteiger partial charge on any atom is -0.368 e. The molecule has 0 saturated carbocycles. The lowest BCUT2D eigenvalue weighted by molar-refractivity contribution is 0.439. The van der Waals surface area contributed by atoms with E-state index in [1.54, 1.807) is 18.2 Å². The summed E-state index contributed by atoms with van der Waals surface area (Å²) in [5.74, 6) is 0.201. The van der Waals surface area contributed by atoms with Crippen molar-refractivity contribution in [1.82, 2.24) is 5.16 Å². The van der Waals surface area contributed by atoms with E-state index in [1.807, 2.05) is 13.8 Å². The number of rotatable bonds is 2. The molecule has 1 aromatic heterocycles. The van der Waals surface area contributed by atoms with Gasteiger partial charge in [-0.1, -0.05) is 5.16 Å². The molecule has 0 fully saturated rings. The molecule has 0 aliphatic heterocycles. The summed E-state index contributed by atoms with van der Waals surface area (Å²) >= 11 is 0. The number of hydrogen-bond acceptors (Lipinski definition) is 5. The molecule has 0 saturated heterocycles. The first kappa shape index (κ1) is 12.6. The Morgan fingerprint density at radius 3 is 2.39 bits per heavy atom. The SMILES string of the molecule is Cc1cc(S(C)(=O)=O)cc(-c2cc(N)on2)c1C. The zero-order valence-electron chi connectivity index (χ0n) is 10.4. The number of nitrogens with zero attached hydrogens (tertiary/aromatic N) is 1. The lowest BCUT2D eigenvalue weighted by Gasteiger charge is -2.09. The Balaban J connectivity index is 2.71. The van der Waals surface area contributed by atoms with Gasteiger partial charge in [-0.25, -0.2) is 8.42 Å². The number of aromatic nitrogens is 1. The van der Waals surface area contributed by atoms with Crippen LogP contribution in [0.5, 0.6) is 0 Å². The quantitative estimate of drug-likeness (QED) is 0.897. The first-order valence-corrected chi connectivity index (χ1v) is 7.22. The molecule has 0 amide bonds. The minimum atomic E-state index is -3.26. The number of anilines is 1. The zero-order chi connectivity index (χ0) is 13.5. The first-order valence-electron chi connectivity index (χ1n) is 5.33. The van der Waals surface area contributed by atoms with Crippen LogP contribution >= 0.6 is 0 Å². The maximum Gasteiger partial charge on any atom is 0.222 e. The highest BCUT2D eigenvalue weighted by atomic mass is 32.2. The van der Waals surface area contributed by atoms with Gasteiger partial charge in [0.05, 0.1) is 4.90 Å². The topological polar surface area (TPSA) is 86.2 Å². The lowest BCUT2D eigenvalue weighted by atomic mass is 10.0. The van der Waals surface area contributed by atoms with Gasteiger partial charge >= 0.3 is 0 Å². The molecule has 0 spiro atoms. The highest BCUT2D eigenvalue weighted by molar-refractivity contribution is 7.90. The van der Waals surface area contributed by atoms with Crippen LogP contribution in [0.3, 0.4) is 0 Å². The van der Waals surface area contributed by atoms with Gasteiger partial charge in [0.25, 0.3) is 0 Å². The normalized spacial score (nSPS) is 11.7. The Kier molecular flexibility index (Phi) is 2.90. The Morgan fingerprint density at radius 1 is 1.22 bits per heavy atom. The summed E-state index contributed by atoms with van der Waals surface area (Å²) in [6.07, 6.45) is 1.18. The van der Waals surface area contributed by atoms with Gasteiger partial charge in [0, 0.05) is 17.9 Å². The van der Waals surface area contributed by atoms with Crippen LogP contribution in [0.4, 0.5) is 5.88 Å². The molecule has 5 nitrogen and oxygen atoms in total. The summed E-state index contributed by atoms with van der Waals surface area (Å²) in [5, 5.41) is 3.82. The predicted octanol–water partition coefficient (Wildman–Crippen LogP) is 1.94. The van der Waals surface area contributed by atoms with Gasteiger partial charge in [0.1, 0.15) is 5.69 Å². The van der Waals surface area contributed by atoms with Crippen LogP contribution in [0.15, 0.2) is 27.6 Å². The molecule has 2 rings (SSSR count). The second-order valence-corrected chi connectivity index (χ2v) is 6.32. The lowest BCUT2D eigenvalue weighted by Crippen LogP contribution is -2.00. The van der Waals surface area contributed by atoms with Crippen LogP contribution in [0.1, 0.15) is 11.1 Å². The van der Waals surface area contributed by atoms with Crippen molar-refractivity contribution in [2.75, 3.05) is 12.0 Å². The van der Waals surface area contributed by atoms with Crippen LogP contribution in [-0.2, 0) is 9.84 Å². The number of sulfone groups is 1. The van der Waals surface area contributed by atoms with E-state index in [9.17, 15) is 8.42 Å². The molecule has 0 radical (unpaired) electrons. The highest BCUT2D eigenvalue weighted by Gasteiger charge is 2.15. The summed E-state index contributed by atoms with van der Waals surface area (Å²) in [7, 11) is -3.26. The molecule has 2 N–H and O–H groups in total. The molecule has 96 valence electrons. The molecule has 0 unspecified atom stereocenters. The van der Waals surface area contributed by atoms with Crippen LogP contribution in [-0.4, -0.2) is 19.8 Å². The first-order chi connectivity index (χ1) is 8.29. The van der Waals surface area contributed by atoms with E-state index in [0.717, 1.165) is 16.7 Å². The highest BCUT2D eigenvalue weighted by Crippen LogP contribution is 2.29. The third-order valence-electron chi connectivity index (χ3n) is 2.87. The van der Waals surface area contributed by atoms with Gasteiger partial charge in [-0.2, -0.15) is 0 Å². The Bertz CT molecular complexity index is 702. The largest absolute Gasteiger partial charge is 0.368 e. The summed E-state index contributed by atoms with van der Waals surface area (Å²) < 4.78 is 28.1. The minimum absolute atomic E-state index is 0.201. The fraction of sp³-hybridized carbons (Fsp3) is 0.250. The number of hydrogen-bond donors (Lipinski definition) is 1. The summed E-state index contributed by atoms with van der Waals surface area (Å²) in [6.45, 7) is 3.76. The molecule has 1 aromatic carbocycles. The van der Waals surface area contributed by atoms with Crippen molar-refractivity contribution in [1.29, 1.82) is 0 Å². The van der Waals surface area contributed by atoms with Crippen molar-refractivity contribution >= 4 is 15.7 Å². The molecule has 0 aliphatic carbocycles. The van der Waals surface area contributed by atoms with Gasteiger partial charge in [0.15, 0.2) is 9.84 Å². The average Bonchev–Trinajstić information content (AvgIpc) is 2.67. The van der Waals surface area contributed by atoms with Gasteiger partial charge in [-0.15, -0.1) is 0 Å². The van der Waals surface area contributed by atoms with Gasteiger partial charge in [0.2, 0.25) is 5.88 Å². The number of aryl methyl sites for hydroxylation is 1. The molecule has 0 bridgehead atoms. The molecule has 18 heavy (non-hydrogen) atoms. The van der Waals surface area contributed by atoms with Crippen LogP contribution in [0.2, 0.25) is 0 Å². The average molecular weight is 266 g/mol. The Morgan fingerprint density at radius 2 is 1.89 bits per heavy atom. The van der Waals surface area contributed by atoms with Crippen molar-refractivity contribution < 1.29 is 12.9 Å². The standard InChI is InChI=1S/C12H14N2O3S/c1-7-4-9(18(3,15)16)5-10(8(7)2)11-6-12(13)17-14-11/h4-6H,13H2,1-3H3. The van der Waals surface area contributed by atoms with Crippen molar-refractivity contribution in [3.8, 4) is 11.3 Å². The van der Waals surface area contributed by atoms with Gasteiger partial charge in [-0.05, 0) is 37.1 Å². The third-order valence-corrected chi connectivity index (χ3v) is 3.97. The molecule has 1 heterocycles. The Hall–Kier alpha value is -1.82. The molecule has 2 aromatic rings. The summed E-state index contributed by atoms with van der Waals surface area (Å²) in [4.78, 5) is 0.266. The second kappa shape index (κ2) is 4.13. The molecule has 0 aliphatic rings. The number of benzene rings is 1. The molecular weight excluding hydrogens is 252 g/mol. The predicted molar refractivity (Wildman–Crippen MR) is 68.9 cm³/mol. The maximum absolute atomic E-state index is 11.6. The van der Waals surface area contributed by atoms with Crippen molar-refractivity contribution in [3.05, 3.63) is 29.3 Å². The smallest absolute Gasteiger partial charge is 0.222 e. The Labute approximate surface area is 106 Å². The monoisotopic (exact) mass is 266 g/mol. The van der Waals surface area contributed by atoms with E-state index in [-0.39, 0.29) is 10.8 Å². The zero-order valence-corrected chi connectivity index (χ0v) is 11.2. The van der Waals surface area contributed by atoms with Crippen LogP contribution in [0.25, 0.3) is 11.3 Å². The van der Waals surface area contributed by atoms with E-state index in [1.165, 1.54) is 6.26 Å². The fourth-order valence-electron chi connectivity index (χ4n) is 1.72.